The van der Waals surface area contributed by atoms with Crippen LogP contribution in [0.25, 0.3) is 10.8 Å². The monoisotopic (exact) mass is 721 g/mol. The van der Waals surface area contributed by atoms with Crippen LogP contribution in [-0.4, -0.2) is 43.7 Å². The molecule has 1 aromatic heterocycles. The van der Waals surface area contributed by atoms with Crippen LogP contribution in [-0.2, 0) is 28.2 Å². The molecule has 3 aliphatic heterocycles. The molecule has 4 heterocycles. The van der Waals surface area contributed by atoms with Gasteiger partial charge in [0.25, 0.3) is 11.8 Å². The minimum atomic E-state index is -1.66. The van der Waals surface area contributed by atoms with Crippen LogP contribution in [0.3, 0.4) is 0 Å². The molecule has 1 spiro atoms. The normalized spacial score (nSPS) is 22.5. The van der Waals surface area contributed by atoms with Crippen molar-refractivity contribution in [2.75, 3.05) is 9.80 Å². The average Bonchev–Trinajstić information content (AvgIpc) is 3.91. The van der Waals surface area contributed by atoms with E-state index in [1.165, 1.54) is 0 Å². The molecule has 6 aromatic rings. The number of anilines is 3. The predicted molar refractivity (Wildman–Crippen MR) is 204 cm³/mol. The number of carbonyl (C=O) groups is 2. The minimum absolute atomic E-state index is 0.0888. The van der Waals surface area contributed by atoms with Gasteiger partial charge in [-0.05, 0) is 67.1 Å². The van der Waals surface area contributed by atoms with Gasteiger partial charge in [0.15, 0.2) is 5.60 Å². The fourth-order valence-corrected chi connectivity index (χ4v) is 9.19. The van der Waals surface area contributed by atoms with Crippen molar-refractivity contribution in [1.29, 1.82) is 0 Å². The number of ether oxygens (including phenoxy) is 1. The summed E-state index contributed by atoms with van der Waals surface area (Å²) in [5.74, 6) is -1.43. The number of alkyl halides is 1. The molecule has 0 bridgehead atoms. The van der Waals surface area contributed by atoms with E-state index in [0.717, 1.165) is 33.3 Å². The maximum atomic E-state index is 16.3. The summed E-state index contributed by atoms with van der Waals surface area (Å²) in [7, 11) is 0. The molecule has 10 heteroatoms. The number of halogens is 1. The number of aliphatic hydroxyl groups is 1. The van der Waals surface area contributed by atoms with E-state index in [1.807, 2.05) is 122 Å². The standard InChI is InChI=1S/C44H40FN5O4/c1-27-39(43(2,3)45)37(22-23-48-26-34(46-47-48)40(51)30-13-5-4-6-14-30)54-44(27)33-19-7-8-20-35(33)49(42(44)53)25-28-12-9-17-31(24-28)50-36-21-11-16-29-15-10-18-32(38(29)36)41(50)52/h4-21,24,26-27,37,39-40,51H,22-23,25H2,1-3H3/t27-,37+,39-,40+,44+/m0/s1. The fourth-order valence-electron chi connectivity index (χ4n) is 9.19. The summed E-state index contributed by atoms with van der Waals surface area (Å²) in [4.78, 5) is 32.1. The van der Waals surface area contributed by atoms with E-state index in [-0.39, 0.29) is 18.4 Å². The van der Waals surface area contributed by atoms with Crippen molar-refractivity contribution in [2.24, 2.45) is 11.8 Å². The molecule has 0 unspecified atom stereocenters. The Hall–Kier alpha value is -5.71. The molecule has 1 N–H and O–H groups in total. The van der Waals surface area contributed by atoms with Crippen molar-refractivity contribution in [3.63, 3.8) is 0 Å². The summed E-state index contributed by atoms with van der Waals surface area (Å²) in [5, 5.41) is 21.3. The number of benzene rings is 5. The number of nitrogens with zero attached hydrogens (tertiary/aromatic N) is 5. The molecule has 0 saturated carbocycles. The lowest BCUT2D eigenvalue weighted by Crippen LogP contribution is -2.45. The topological polar surface area (TPSA) is 101 Å². The highest BCUT2D eigenvalue weighted by Crippen LogP contribution is 2.58. The zero-order valence-corrected chi connectivity index (χ0v) is 30.3. The Bertz CT molecular complexity index is 2420. The van der Waals surface area contributed by atoms with Gasteiger partial charge in [-0.1, -0.05) is 97.1 Å². The first-order valence-electron chi connectivity index (χ1n) is 18.4. The van der Waals surface area contributed by atoms with E-state index in [0.29, 0.717) is 35.5 Å². The molecule has 2 amide bonds. The summed E-state index contributed by atoms with van der Waals surface area (Å²) in [5.41, 5.74) is 2.57. The zero-order chi connectivity index (χ0) is 37.4. The number of rotatable bonds is 9. The molecule has 1 fully saturated rings. The first-order chi connectivity index (χ1) is 26.1. The number of carbonyl (C=O) groups excluding carboxylic acids is 2. The molecule has 5 atom stereocenters. The van der Waals surface area contributed by atoms with Gasteiger partial charge in [0.05, 0.1) is 35.8 Å². The largest absolute Gasteiger partial charge is 0.382 e. The quantitative estimate of drug-likeness (QED) is 0.162. The van der Waals surface area contributed by atoms with E-state index < -0.39 is 35.3 Å². The van der Waals surface area contributed by atoms with E-state index in [9.17, 15) is 14.7 Å². The maximum Gasteiger partial charge on any atom is 0.264 e. The van der Waals surface area contributed by atoms with E-state index >= 15 is 4.39 Å². The number of aliphatic hydroxyl groups excluding tert-OH is 1. The molecular formula is C44H40FN5O4. The van der Waals surface area contributed by atoms with Crippen molar-refractivity contribution in [3.8, 4) is 0 Å². The Kier molecular flexibility index (Phi) is 8.02. The van der Waals surface area contributed by atoms with Crippen molar-refractivity contribution < 1.29 is 23.8 Å². The van der Waals surface area contributed by atoms with Crippen LogP contribution < -0.4 is 9.80 Å². The smallest absolute Gasteiger partial charge is 0.264 e. The van der Waals surface area contributed by atoms with Crippen molar-refractivity contribution in [3.05, 3.63) is 149 Å². The van der Waals surface area contributed by atoms with Gasteiger partial charge in [-0.25, -0.2) is 4.39 Å². The fraction of sp³-hybridized carbons (Fsp3) is 0.273. The summed E-state index contributed by atoms with van der Waals surface area (Å²) in [6.45, 7) is 5.63. The maximum absolute atomic E-state index is 16.3. The highest BCUT2D eigenvalue weighted by Gasteiger charge is 2.66. The van der Waals surface area contributed by atoms with Crippen molar-refractivity contribution in [1.82, 2.24) is 15.0 Å². The molecule has 272 valence electrons. The number of para-hydroxylation sites is 1. The van der Waals surface area contributed by atoms with Crippen LogP contribution in [0.5, 0.6) is 0 Å². The first-order valence-corrected chi connectivity index (χ1v) is 18.4. The van der Waals surface area contributed by atoms with Crippen LogP contribution in [0.4, 0.5) is 21.5 Å². The molecule has 54 heavy (non-hydrogen) atoms. The van der Waals surface area contributed by atoms with Crippen LogP contribution >= 0.6 is 0 Å². The Morgan fingerprint density at radius 3 is 2.43 bits per heavy atom. The highest BCUT2D eigenvalue weighted by atomic mass is 19.1. The van der Waals surface area contributed by atoms with Crippen molar-refractivity contribution in [2.45, 2.75) is 63.8 Å². The Morgan fingerprint density at radius 2 is 1.63 bits per heavy atom. The third-order valence-corrected chi connectivity index (χ3v) is 11.5. The van der Waals surface area contributed by atoms with Gasteiger partial charge in [0.2, 0.25) is 0 Å². The van der Waals surface area contributed by atoms with E-state index in [4.69, 9.17) is 4.74 Å². The lowest BCUT2D eigenvalue weighted by atomic mass is 9.71. The van der Waals surface area contributed by atoms with Gasteiger partial charge < -0.3 is 14.7 Å². The molecular weight excluding hydrogens is 682 g/mol. The van der Waals surface area contributed by atoms with Gasteiger partial charge in [0, 0.05) is 35.0 Å². The average molecular weight is 722 g/mol. The summed E-state index contributed by atoms with van der Waals surface area (Å²) >= 11 is 0. The third kappa shape index (κ3) is 5.27. The summed E-state index contributed by atoms with van der Waals surface area (Å²) in [6.07, 6.45) is 0.536. The van der Waals surface area contributed by atoms with Gasteiger partial charge in [0.1, 0.15) is 17.5 Å². The number of hydrogen-bond acceptors (Lipinski definition) is 6. The van der Waals surface area contributed by atoms with Gasteiger partial charge in [-0.2, -0.15) is 0 Å². The lowest BCUT2D eigenvalue weighted by molar-refractivity contribution is -0.146. The van der Waals surface area contributed by atoms with Gasteiger partial charge in [-0.15, -0.1) is 5.10 Å². The van der Waals surface area contributed by atoms with Crippen LogP contribution in [0.1, 0.15) is 66.0 Å². The molecule has 0 radical (unpaired) electrons. The van der Waals surface area contributed by atoms with Gasteiger partial charge >= 0.3 is 0 Å². The van der Waals surface area contributed by atoms with E-state index in [2.05, 4.69) is 10.3 Å². The van der Waals surface area contributed by atoms with E-state index in [1.54, 1.807) is 34.5 Å². The second kappa shape index (κ2) is 12.7. The zero-order valence-electron chi connectivity index (χ0n) is 30.3. The summed E-state index contributed by atoms with van der Waals surface area (Å²) in [6, 6.07) is 36.3. The highest BCUT2D eigenvalue weighted by molar-refractivity contribution is 6.27. The second-order valence-corrected chi connectivity index (χ2v) is 15.2. The van der Waals surface area contributed by atoms with Crippen LogP contribution in [0.15, 0.2) is 121 Å². The number of fused-ring (bicyclic) bond motifs is 2. The van der Waals surface area contributed by atoms with Crippen LogP contribution in [0.2, 0.25) is 0 Å². The third-order valence-electron chi connectivity index (χ3n) is 11.5. The molecule has 3 aliphatic rings. The number of hydrogen-bond donors (Lipinski definition) is 1. The number of aromatic nitrogens is 3. The molecule has 1 saturated heterocycles. The predicted octanol–water partition coefficient (Wildman–Crippen LogP) is 8.04. The molecule has 9 rings (SSSR count). The van der Waals surface area contributed by atoms with Crippen LogP contribution in [0, 0.1) is 11.8 Å². The molecule has 0 aliphatic carbocycles. The lowest BCUT2D eigenvalue weighted by Gasteiger charge is -2.32. The second-order valence-electron chi connectivity index (χ2n) is 15.2. The summed E-state index contributed by atoms with van der Waals surface area (Å²) < 4.78 is 24.8. The van der Waals surface area contributed by atoms with Crippen molar-refractivity contribution >= 4 is 39.6 Å². The SMILES string of the molecule is C[C@H]1[C@H](C(C)(C)F)[C@@H](CCn2cc([C@H](O)c3ccccc3)nn2)O[C@]12C(=O)N(Cc1cccc(N3C(=O)c4cccc5cccc3c45)c1)c1ccccc12. The number of amides is 2. The molecule has 9 nitrogen and oxygen atoms in total. The minimum Gasteiger partial charge on any atom is -0.382 e. The van der Waals surface area contributed by atoms with Gasteiger partial charge in [-0.3, -0.25) is 19.2 Å². The Morgan fingerprint density at radius 1 is 0.907 bits per heavy atom. The first kappa shape index (κ1) is 34.1. The Balaban J connectivity index is 0.998. The Labute approximate surface area is 312 Å². The molecule has 5 aromatic carbocycles. The number of aryl methyl sites for hydroxylation is 1.